The van der Waals surface area contributed by atoms with Crippen LogP contribution in [0.1, 0.15) is 57.3 Å². The molecule has 0 spiro atoms. The summed E-state index contributed by atoms with van der Waals surface area (Å²) in [5.41, 5.74) is 5.03. The monoisotopic (exact) mass is 340 g/mol. The van der Waals surface area contributed by atoms with Gasteiger partial charge in [0.05, 0.1) is 0 Å². The molecular formula is C21H24O2S. The molecular weight excluding hydrogens is 316 g/mol. The van der Waals surface area contributed by atoms with Crippen LogP contribution in [0.25, 0.3) is 6.08 Å². The summed E-state index contributed by atoms with van der Waals surface area (Å²) in [4.78, 5) is 13.7. The number of fused-ring (bicyclic) bond motifs is 1. The number of phenols is 1. The number of hydrogen-bond acceptors (Lipinski definition) is 3. The molecule has 0 radical (unpaired) electrons. The highest BCUT2D eigenvalue weighted by Gasteiger charge is 2.20. The van der Waals surface area contributed by atoms with Gasteiger partial charge in [0.2, 0.25) is 0 Å². The van der Waals surface area contributed by atoms with Crippen LogP contribution in [0.5, 0.6) is 5.75 Å². The van der Waals surface area contributed by atoms with E-state index in [4.69, 9.17) is 0 Å². The van der Waals surface area contributed by atoms with Crippen molar-refractivity contribution in [3.63, 3.8) is 0 Å². The van der Waals surface area contributed by atoms with Crippen molar-refractivity contribution < 1.29 is 9.90 Å². The number of aryl methyl sites for hydroxylation is 2. The summed E-state index contributed by atoms with van der Waals surface area (Å²) in [5, 5.41) is 12.1. The summed E-state index contributed by atoms with van der Waals surface area (Å²) in [7, 11) is 0. The van der Waals surface area contributed by atoms with Crippen molar-refractivity contribution in [2.24, 2.45) is 5.92 Å². The van der Waals surface area contributed by atoms with Crippen molar-refractivity contribution in [3.05, 3.63) is 56.3 Å². The normalized spacial score (nSPS) is 17.2. The van der Waals surface area contributed by atoms with Crippen LogP contribution < -0.4 is 0 Å². The Kier molecular flexibility index (Phi) is 4.91. The molecule has 24 heavy (non-hydrogen) atoms. The van der Waals surface area contributed by atoms with Gasteiger partial charge in [-0.05, 0) is 90.9 Å². The maximum absolute atomic E-state index is 12.5. The highest BCUT2D eigenvalue weighted by molar-refractivity contribution is 7.11. The zero-order valence-electron chi connectivity index (χ0n) is 14.6. The first-order valence-corrected chi connectivity index (χ1v) is 9.49. The van der Waals surface area contributed by atoms with Gasteiger partial charge in [-0.25, -0.2) is 0 Å². The Hall–Kier alpha value is -1.87. The lowest BCUT2D eigenvalue weighted by atomic mass is 9.84. The molecule has 0 fully saturated rings. The van der Waals surface area contributed by atoms with E-state index in [9.17, 15) is 9.90 Å². The van der Waals surface area contributed by atoms with Crippen LogP contribution in [-0.4, -0.2) is 10.9 Å². The van der Waals surface area contributed by atoms with Gasteiger partial charge in [0.1, 0.15) is 5.75 Å². The summed E-state index contributed by atoms with van der Waals surface area (Å²) in [5.74, 6) is 1.08. The molecule has 1 aromatic carbocycles. The molecule has 0 bridgehead atoms. The fourth-order valence-electron chi connectivity index (χ4n) is 3.49. The second-order valence-corrected chi connectivity index (χ2v) is 7.69. The molecule has 1 N–H and O–H groups in total. The second-order valence-electron chi connectivity index (χ2n) is 6.78. The standard InChI is InChI=1S/C21H24O2S/c1-4-15-5-6-18-17(11-15)12-24-20(18)8-7-19(22)16-9-13(2)21(23)14(3)10-16/h7-10,12,15,23H,4-6,11H2,1-3H3. The molecule has 0 saturated heterocycles. The van der Waals surface area contributed by atoms with Crippen LogP contribution in [0.3, 0.4) is 0 Å². The van der Waals surface area contributed by atoms with E-state index in [0.717, 1.165) is 23.5 Å². The van der Waals surface area contributed by atoms with Gasteiger partial charge in [0, 0.05) is 10.4 Å². The van der Waals surface area contributed by atoms with Gasteiger partial charge in [-0.1, -0.05) is 13.3 Å². The topological polar surface area (TPSA) is 37.3 Å². The van der Waals surface area contributed by atoms with E-state index in [1.54, 1.807) is 29.5 Å². The van der Waals surface area contributed by atoms with Crippen LogP contribution in [0.15, 0.2) is 23.6 Å². The predicted octanol–water partition coefficient (Wildman–Crippen LogP) is 5.48. The highest BCUT2D eigenvalue weighted by atomic mass is 32.1. The molecule has 2 aromatic rings. The van der Waals surface area contributed by atoms with Crippen molar-refractivity contribution >= 4 is 23.2 Å². The molecule has 1 aliphatic rings. The number of hydrogen-bond donors (Lipinski definition) is 1. The Morgan fingerprint density at radius 2 is 2.04 bits per heavy atom. The van der Waals surface area contributed by atoms with Crippen LogP contribution in [0.2, 0.25) is 0 Å². The summed E-state index contributed by atoms with van der Waals surface area (Å²) < 4.78 is 0. The minimum atomic E-state index is -0.00871. The minimum absolute atomic E-state index is 0.00871. The van der Waals surface area contributed by atoms with Crippen molar-refractivity contribution in [2.45, 2.75) is 46.5 Å². The van der Waals surface area contributed by atoms with E-state index in [-0.39, 0.29) is 11.5 Å². The summed E-state index contributed by atoms with van der Waals surface area (Å²) in [6.07, 6.45) is 8.45. The summed E-state index contributed by atoms with van der Waals surface area (Å²) >= 11 is 1.74. The number of aromatic hydroxyl groups is 1. The first-order chi connectivity index (χ1) is 11.5. The highest BCUT2D eigenvalue weighted by Crippen LogP contribution is 2.34. The maximum atomic E-state index is 12.5. The number of ketones is 1. The minimum Gasteiger partial charge on any atom is -0.507 e. The Balaban J connectivity index is 1.80. The molecule has 3 heteroatoms. The van der Waals surface area contributed by atoms with Gasteiger partial charge in [-0.2, -0.15) is 0 Å². The van der Waals surface area contributed by atoms with Gasteiger partial charge >= 0.3 is 0 Å². The Morgan fingerprint density at radius 1 is 1.33 bits per heavy atom. The summed E-state index contributed by atoms with van der Waals surface area (Å²) in [6, 6.07) is 3.51. The van der Waals surface area contributed by atoms with Crippen LogP contribution in [0.4, 0.5) is 0 Å². The molecule has 1 heterocycles. The molecule has 2 nitrogen and oxygen atoms in total. The molecule has 0 amide bonds. The quantitative estimate of drug-likeness (QED) is 0.591. The van der Waals surface area contributed by atoms with Crippen molar-refractivity contribution in [2.75, 3.05) is 0 Å². The van der Waals surface area contributed by atoms with Crippen molar-refractivity contribution in [3.8, 4) is 5.75 Å². The van der Waals surface area contributed by atoms with Crippen LogP contribution >= 0.6 is 11.3 Å². The van der Waals surface area contributed by atoms with Gasteiger partial charge in [-0.15, -0.1) is 11.3 Å². The van der Waals surface area contributed by atoms with E-state index in [1.165, 1.54) is 35.3 Å². The largest absolute Gasteiger partial charge is 0.507 e. The van der Waals surface area contributed by atoms with Gasteiger partial charge in [0.15, 0.2) is 5.78 Å². The van der Waals surface area contributed by atoms with E-state index >= 15 is 0 Å². The number of carbonyl (C=O) groups is 1. The van der Waals surface area contributed by atoms with Crippen LogP contribution in [-0.2, 0) is 12.8 Å². The first-order valence-electron chi connectivity index (χ1n) is 8.61. The average molecular weight is 340 g/mol. The lowest BCUT2D eigenvalue weighted by molar-refractivity contribution is 0.104. The van der Waals surface area contributed by atoms with E-state index < -0.39 is 0 Å². The molecule has 3 rings (SSSR count). The van der Waals surface area contributed by atoms with E-state index in [2.05, 4.69) is 12.3 Å². The Bertz CT molecular complexity index is 775. The van der Waals surface area contributed by atoms with Gasteiger partial charge in [-0.3, -0.25) is 4.79 Å². The molecule has 1 aliphatic carbocycles. The van der Waals surface area contributed by atoms with E-state index in [0.29, 0.717) is 5.56 Å². The lowest BCUT2D eigenvalue weighted by Gasteiger charge is -2.21. The molecule has 126 valence electrons. The fraction of sp³-hybridized carbons (Fsp3) is 0.381. The number of carbonyl (C=O) groups excluding carboxylic acids is 1. The zero-order valence-corrected chi connectivity index (χ0v) is 15.4. The molecule has 0 saturated carbocycles. The third kappa shape index (κ3) is 3.32. The molecule has 1 unspecified atom stereocenters. The van der Waals surface area contributed by atoms with Gasteiger partial charge in [0.25, 0.3) is 0 Å². The number of benzene rings is 1. The maximum Gasteiger partial charge on any atom is 0.185 e. The van der Waals surface area contributed by atoms with E-state index in [1.807, 2.05) is 19.9 Å². The number of thiophene rings is 1. The number of allylic oxidation sites excluding steroid dienone is 1. The smallest absolute Gasteiger partial charge is 0.185 e. The third-order valence-corrected chi connectivity index (χ3v) is 6.10. The average Bonchev–Trinajstić information content (AvgIpc) is 2.99. The Morgan fingerprint density at radius 3 is 2.71 bits per heavy atom. The Labute approximate surface area is 147 Å². The fourth-order valence-corrected chi connectivity index (χ4v) is 4.52. The molecule has 1 aromatic heterocycles. The number of rotatable bonds is 4. The first kappa shape index (κ1) is 17.0. The molecule has 1 atom stereocenters. The van der Waals surface area contributed by atoms with Gasteiger partial charge < -0.3 is 5.11 Å². The van der Waals surface area contributed by atoms with Crippen molar-refractivity contribution in [1.29, 1.82) is 0 Å². The van der Waals surface area contributed by atoms with Crippen molar-refractivity contribution in [1.82, 2.24) is 0 Å². The summed E-state index contributed by atoms with van der Waals surface area (Å²) in [6.45, 7) is 5.91. The third-order valence-electron chi connectivity index (χ3n) is 5.06. The SMILES string of the molecule is CCC1CCc2c(csc2C=CC(=O)c2cc(C)c(O)c(C)c2)C1. The second kappa shape index (κ2) is 6.94. The lowest BCUT2D eigenvalue weighted by Crippen LogP contribution is -2.12. The number of phenolic OH excluding ortho intramolecular Hbond substituents is 1. The zero-order chi connectivity index (χ0) is 17.3. The van der Waals surface area contributed by atoms with Crippen LogP contribution in [0, 0.1) is 19.8 Å². The predicted molar refractivity (Wildman–Crippen MR) is 101 cm³/mol. The molecule has 0 aliphatic heterocycles.